The molecule has 1 aromatic carbocycles. The van der Waals surface area contributed by atoms with Gasteiger partial charge < -0.3 is 10.2 Å². The van der Waals surface area contributed by atoms with Crippen molar-refractivity contribution in [3.63, 3.8) is 0 Å². The number of hydrogen-bond donors (Lipinski definition) is 1. The molecule has 0 radical (unpaired) electrons. The van der Waals surface area contributed by atoms with E-state index in [0.717, 1.165) is 56.6 Å². The van der Waals surface area contributed by atoms with Gasteiger partial charge in [0.05, 0.1) is 22.0 Å². The number of thioether (sulfide) groups is 1. The summed E-state index contributed by atoms with van der Waals surface area (Å²) >= 11 is 1.93. The Morgan fingerprint density at radius 2 is 1.89 bits per heavy atom. The molecule has 2 aromatic rings. The molecule has 3 aliphatic rings. The standard InChI is InChI=1S/C22H25N3OS/c26-22(23-17-6-7-17)16-8-11-25(12-9-16)20-14-19(15-4-2-1-3-5-15)24-18-10-13-27-21(18)20/h1-5,14,16-17H,6-13H2,(H,23,26). The van der Waals surface area contributed by atoms with Crippen molar-refractivity contribution in [1.29, 1.82) is 0 Å². The highest BCUT2D eigenvalue weighted by molar-refractivity contribution is 7.99. The zero-order valence-corrected chi connectivity index (χ0v) is 16.3. The molecule has 0 unspecified atom stereocenters. The van der Waals surface area contributed by atoms with E-state index >= 15 is 0 Å². The monoisotopic (exact) mass is 379 g/mol. The maximum Gasteiger partial charge on any atom is 0.223 e. The summed E-state index contributed by atoms with van der Waals surface area (Å²) in [7, 11) is 0. The number of benzene rings is 1. The molecule has 0 bridgehead atoms. The van der Waals surface area contributed by atoms with Crippen molar-refractivity contribution < 1.29 is 4.79 Å². The third-order valence-corrected chi connectivity index (χ3v) is 6.95. The molecule has 1 saturated carbocycles. The normalized spacial score (nSPS) is 19.8. The largest absolute Gasteiger partial charge is 0.370 e. The first-order valence-corrected chi connectivity index (χ1v) is 11.0. The molecule has 5 heteroatoms. The fraction of sp³-hybridized carbons (Fsp3) is 0.455. The van der Waals surface area contributed by atoms with Gasteiger partial charge in [0.25, 0.3) is 0 Å². The van der Waals surface area contributed by atoms with Crippen LogP contribution in [-0.2, 0) is 11.2 Å². The maximum absolute atomic E-state index is 12.4. The molecule has 4 nitrogen and oxygen atoms in total. The third kappa shape index (κ3) is 3.57. The lowest BCUT2D eigenvalue weighted by atomic mass is 9.95. The summed E-state index contributed by atoms with van der Waals surface area (Å²) in [4.78, 5) is 21.2. The number of rotatable bonds is 4. The maximum atomic E-state index is 12.4. The van der Waals surface area contributed by atoms with E-state index in [1.165, 1.54) is 21.8 Å². The smallest absolute Gasteiger partial charge is 0.223 e. The highest BCUT2D eigenvalue weighted by Gasteiger charge is 2.31. The van der Waals surface area contributed by atoms with Gasteiger partial charge in [0.1, 0.15) is 0 Å². The number of aromatic nitrogens is 1. The summed E-state index contributed by atoms with van der Waals surface area (Å²) in [6.45, 7) is 1.90. The van der Waals surface area contributed by atoms with Crippen molar-refractivity contribution in [3.05, 3.63) is 42.1 Å². The number of aryl methyl sites for hydroxylation is 1. The van der Waals surface area contributed by atoms with Gasteiger partial charge in [-0.25, -0.2) is 0 Å². The Hall–Kier alpha value is -2.01. The zero-order chi connectivity index (χ0) is 18.2. The van der Waals surface area contributed by atoms with E-state index in [-0.39, 0.29) is 11.8 Å². The molecular weight excluding hydrogens is 354 g/mol. The van der Waals surface area contributed by atoms with Gasteiger partial charge in [-0.3, -0.25) is 9.78 Å². The number of anilines is 1. The van der Waals surface area contributed by atoms with Gasteiger partial charge in [-0.1, -0.05) is 30.3 Å². The molecule has 2 aliphatic heterocycles. The predicted molar refractivity (Wildman–Crippen MR) is 110 cm³/mol. The number of nitrogens with zero attached hydrogens (tertiary/aromatic N) is 2. The molecule has 5 rings (SSSR count). The average Bonchev–Trinajstić information content (AvgIpc) is 3.40. The highest BCUT2D eigenvalue weighted by atomic mass is 32.2. The fourth-order valence-corrected chi connectivity index (χ4v) is 5.22. The molecule has 1 aromatic heterocycles. The second kappa shape index (κ2) is 7.19. The van der Waals surface area contributed by atoms with Gasteiger partial charge in [0.15, 0.2) is 0 Å². The summed E-state index contributed by atoms with van der Waals surface area (Å²) in [5.74, 6) is 1.57. The molecule has 140 valence electrons. The summed E-state index contributed by atoms with van der Waals surface area (Å²) in [6.07, 6.45) is 5.26. The number of nitrogens with one attached hydrogen (secondary N) is 1. The Labute approximate surface area is 164 Å². The molecule has 0 spiro atoms. The number of piperidine rings is 1. The Balaban J connectivity index is 1.37. The Morgan fingerprint density at radius 1 is 1.11 bits per heavy atom. The van der Waals surface area contributed by atoms with Crippen LogP contribution in [0.2, 0.25) is 0 Å². The van der Waals surface area contributed by atoms with Crippen LogP contribution < -0.4 is 10.2 Å². The molecule has 1 amide bonds. The van der Waals surface area contributed by atoms with Gasteiger partial charge in [-0.15, -0.1) is 11.8 Å². The van der Waals surface area contributed by atoms with E-state index in [2.05, 4.69) is 40.5 Å². The summed E-state index contributed by atoms with van der Waals surface area (Å²) in [6, 6.07) is 13.2. The molecular formula is C22H25N3OS. The minimum absolute atomic E-state index is 0.179. The van der Waals surface area contributed by atoms with E-state index in [9.17, 15) is 4.79 Å². The molecule has 3 heterocycles. The second-order valence-electron chi connectivity index (χ2n) is 7.81. The first-order valence-electron chi connectivity index (χ1n) is 10.1. The first kappa shape index (κ1) is 17.1. The summed E-state index contributed by atoms with van der Waals surface area (Å²) in [5.41, 5.74) is 4.81. The third-order valence-electron chi connectivity index (χ3n) is 5.81. The van der Waals surface area contributed by atoms with E-state index in [1.807, 2.05) is 17.8 Å². The van der Waals surface area contributed by atoms with Crippen molar-refractivity contribution in [2.75, 3.05) is 23.7 Å². The lowest BCUT2D eigenvalue weighted by Crippen LogP contribution is -2.41. The van der Waals surface area contributed by atoms with Crippen molar-refractivity contribution in [2.45, 2.75) is 43.0 Å². The molecule has 27 heavy (non-hydrogen) atoms. The van der Waals surface area contributed by atoms with Crippen molar-refractivity contribution in [1.82, 2.24) is 10.3 Å². The van der Waals surface area contributed by atoms with Crippen LogP contribution in [0, 0.1) is 5.92 Å². The molecule has 1 N–H and O–H groups in total. The van der Waals surface area contributed by atoms with Gasteiger partial charge in [0, 0.05) is 42.8 Å². The van der Waals surface area contributed by atoms with E-state index < -0.39 is 0 Å². The van der Waals surface area contributed by atoms with E-state index in [4.69, 9.17) is 4.98 Å². The van der Waals surface area contributed by atoms with Crippen molar-refractivity contribution in [3.8, 4) is 11.3 Å². The number of hydrogen-bond acceptors (Lipinski definition) is 4. The fourth-order valence-electron chi connectivity index (χ4n) is 4.07. The Bertz CT molecular complexity index is 842. The highest BCUT2D eigenvalue weighted by Crippen LogP contribution is 2.41. The SMILES string of the molecule is O=C(NC1CC1)C1CCN(c2cc(-c3ccccc3)nc3c2SCC3)CC1. The van der Waals surface area contributed by atoms with Gasteiger partial charge >= 0.3 is 0 Å². The number of fused-ring (bicyclic) bond motifs is 1. The van der Waals surface area contributed by atoms with E-state index in [0.29, 0.717) is 6.04 Å². The van der Waals surface area contributed by atoms with Crippen LogP contribution in [0.3, 0.4) is 0 Å². The molecule has 0 atom stereocenters. The molecule has 2 fully saturated rings. The number of carbonyl (C=O) groups is 1. The Kier molecular flexibility index (Phi) is 4.56. The zero-order valence-electron chi connectivity index (χ0n) is 15.5. The van der Waals surface area contributed by atoms with Crippen LogP contribution in [0.1, 0.15) is 31.4 Å². The number of carbonyl (C=O) groups excluding carboxylic acids is 1. The second-order valence-corrected chi connectivity index (χ2v) is 8.92. The van der Waals surface area contributed by atoms with Crippen molar-refractivity contribution >= 4 is 23.4 Å². The molecule has 1 aliphatic carbocycles. The number of amides is 1. The minimum atomic E-state index is 0.179. The van der Waals surface area contributed by atoms with Gasteiger partial charge in [-0.2, -0.15) is 0 Å². The lowest BCUT2D eigenvalue weighted by molar-refractivity contribution is -0.125. The van der Waals surface area contributed by atoms with Gasteiger partial charge in [-0.05, 0) is 31.7 Å². The van der Waals surface area contributed by atoms with Crippen LogP contribution >= 0.6 is 11.8 Å². The van der Waals surface area contributed by atoms with E-state index in [1.54, 1.807) is 0 Å². The van der Waals surface area contributed by atoms with Crippen LogP contribution in [0.5, 0.6) is 0 Å². The average molecular weight is 380 g/mol. The minimum Gasteiger partial charge on any atom is -0.370 e. The first-order chi connectivity index (χ1) is 13.3. The predicted octanol–water partition coefficient (Wildman–Crippen LogP) is 3.89. The van der Waals surface area contributed by atoms with Crippen LogP contribution in [0.15, 0.2) is 41.3 Å². The van der Waals surface area contributed by atoms with Gasteiger partial charge in [0.2, 0.25) is 5.91 Å². The summed E-state index contributed by atoms with van der Waals surface area (Å²) in [5, 5.41) is 3.18. The quantitative estimate of drug-likeness (QED) is 0.875. The topological polar surface area (TPSA) is 45.2 Å². The number of pyridine rings is 1. The van der Waals surface area contributed by atoms with Crippen LogP contribution in [-0.4, -0.2) is 35.8 Å². The van der Waals surface area contributed by atoms with Crippen LogP contribution in [0.4, 0.5) is 5.69 Å². The Morgan fingerprint density at radius 3 is 2.63 bits per heavy atom. The molecule has 1 saturated heterocycles. The van der Waals surface area contributed by atoms with Crippen LogP contribution in [0.25, 0.3) is 11.3 Å². The van der Waals surface area contributed by atoms with Crippen molar-refractivity contribution in [2.24, 2.45) is 5.92 Å². The lowest BCUT2D eigenvalue weighted by Gasteiger charge is -2.34. The summed E-state index contributed by atoms with van der Waals surface area (Å²) < 4.78 is 0.